The number of rotatable bonds is 10. The van der Waals surface area contributed by atoms with Crippen molar-refractivity contribution in [3.8, 4) is 17.2 Å². The number of morpholine rings is 1. The average Bonchev–Trinajstić information content (AvgIpc) is 3.68. The van der Waals surface area contributed by atoms with Gasteiger partial charge in [-0.3, -0.25) is 19.4 Å². The molecule has 0 aromatic heterocycles. The van der Waals surface area contributed by atoms with Gasteiger partial charge in [0.15, 0.2) is 5.54 Å². The number of fused-ring (bicyclic) bond motifs is 1. The van der Waals surface area contributed by atoms with Crippen molar-refractivity contribution in [3.63, 3.8) is 0 Å². The molecule has 3 aliphatic heterocycles. The number of nitrogens with zero attached hydrogens (tertiary/aromatic N) is 4. The van der Waals surface area contributed by atoms with Crippen molar-refractivity contribution in [2.24, 2.45) is 0 Å². The summed E-state index contributed by atoms with van der Waals surface area (Å²) in [5, 5.41) is 0.301. The lowest BCUT2D eigenvalue weighted by Gasteiger charge is -2.42. The van der Waals surface area contributed by atoms with Crippen LogP contribution >= 0.6 is 11.6 Å². The highest BCUT2D eigenvalue weighted by Gasteiger charge is 2.63. The standard InChI is InChI=1S/C35H41ClN4O8S/c1-37(2)33(41)29-7-6-14-39(29)35(27-19-23(8-12-30(27)46-4)22-38-15-17-48-18-16-38)26-20-24(36)9-11-28(26)40(34(35)42)49(43,44)32-13-10-25(45-3)21-31(32)47-5/h8-13,19-21,29H,6-7,14-18,22H2,1-5H3/t29?,35-/m0/s1. The van der Waals surface area contributed by atoms with E-state index in [1.807, 2.05) is 17.0 Å². The van der Waals surface area contributed by atoms with E-state index in [4.69, 9.17) is 30.5 Å². The molecule has 3 aliphatic rings. The van der Waals surface area contributed by atoms with Crippen LogP contribution in [-0.2, 0) is 36.4 Å². The molecule has 12 nitrogen and oxygen atoms in total. The number of likely N-dealkylation sites (tertiary alicyclic amines) is 1. The molecule has 49 heavy (non-hydrogen) atoms. The molecule has 0 N–H and O–H groups in total. The third-order valence-corrected chi connectivity index (χ3v) is 11.5. The number of amides is 2. The fraction of sp³-hybridized carbons (Fsp3) is 0.429. The maximum Gasteiger partial charge on any atom is 0.274 e. The van der Waals surface area contributed by atoms with Crippen LogP contribution in [0.3, 0.4) is 0 Å². The van der Waals surface area contributed by atoms with Gasteiger partial charge in [-0.15, -0.1) is 0 Å². The first-order chi connectivity index (χ1) is 23.5. The van der Waals surface area contributed by atoms with Crippen LogP contribution in [0.2, 0.25) is 5.02 Å². The Morgan fingerprint density at radius 2 is 1.67 bits per heavy atom. The number of methoxy groups -OCH3 is 3. The molecule has 3 aromatic rings. The minimum atomic E-state index is -4.62. The second kappa shape index (κ2) is 13.8. The molecule has 3 heterocycles. The van der Waals surface area contributed by atoms with Crippen LogP contribution in [0.5, 0.6) is 17.2 Å². The van der Waals surface area contributed by atoms with E-state index in [1.54, 1.807) is 32.3 Å². The summed E-state index contributed by atoms with van der Waals surface area (Å²) in [5.74, 6) is -0.215. The van der Waals surface area contributed by atoms with Gasteiger partial charge in [-0.25, -0.2) is 12.7 Å². The number of benzene rings is 3. The van der Waals surface area contributed by atoms with Crippen LogP contribution in [0, 0.1) is 0 Å². The molecule has 2 amide bonds. The fourth-order valence-corrected chi connectivity index (χ4v) is 9.01. The van der Waals surface area contributed by atoms with Gasteiger partial charge in [0, 0.05) is 62.5 Å². The third-order valence-electron chi connectivity index (χ3n) is 9.52. The summed E-state index contributed by atoms with van der Waals surface area (Å²) < 4.78 is 52.8. The first kappa shape index (κ1) is 35.0. The van der Waals surface area contributed by atoms with Crippen molar-refractivity contribution in [3.05, 3.63) is 76.3 Å². The number of likely N-dealkylation sites (N-methyl/N-ethyl adjacent to an activating group) is 1. The Hall–Kier alpha value is -3.88. The number of ether oxygens (including phenoxy) is 4. The number of halogens is 1. The van der Waals surface area contributed by atoms with Gasteiger partial charge >= 0.3 is 0 Å². The zero-order chi connectivity index (χ0) is 35.1. The van der Waals surface area contributed by atoms with E-state index in [2.05, 4.69) is 4.90 Å². The Balaban J connectivity index is 1.64. The predicted molar refractivity (Wildman–Crippen MR) is 184 cm³/mol. The van der Waals surface area contributed by atoms with Gasteiger partial charge in [0.1, 0.15) is 22.1 Å². The van der Waals surface area contributed by atoms with E-state index >= 15 is 4.79 Å². The number of hydrogen-bond acceptors (Lipinski definition) is 10. The highest BCUT2D eigenvalue weighted by atomic mass is 35.5. The van der Waals surface area contributed by atoms with Gasteiger partial charge in [-0.1, -0.05) is 17.7 Å². The van der Waals surface area contributed by atoms with Crippen LogP contribution in [0.15, 0.2) is 59.5 Å². The van der Waals surface area contributed by atoms with E-state index in [0.29, 0.717) is 66.8 Å². The van der Waals surface area contributed by atoms with E-state index in [1.165, 1.54) is 50.5 Å². The molecule has 14 heteroatoms. The fourth-order valence-electron chi connectivity index (χ4n) is 7.24. The maximum atomic E-state index is 15.6. The van der Waals surface area contributed by atoms with Gasteiger partial charge < -0.3 is 23.8 Å². The Bertz CT molecular complexity index is 1870. The number of hydrogen-bond donors (Lipinski definition) is 0. The largest absolute Gasteiger partial charge is 0.497 e. The van der Waals surface area contributed by atoms with Crippen molar-refractivity contribution in [2.75, 3.05) is 72.6 Å². The number of carbonyl (C=O) groups excluding carboxylic acids is 2. The van der Waals surface area contributed by atoms with Gasteiger partial charge in [0.25, 0.3) is 15.9 Å². The molecule has 3 aromatic carbocycles. The second-order valence-electron chi connectivity index (χ2n) is 12.5. The SMILES string of the molecule is COc1ccc(S(=O)(=O)N2C(=O)[C@](c3cc(CN4CCOCC4)ccc3OC)(N3CCCC3C(=O)N(C)C)c3cc(Cl)ccc32)c(OC)c1. The molecular weight excluding hydrogens is 672 g/mol. The Kier molecular flexibility index (Phi) is 9.84. The molecule has 0 bridgehead atoms. The zero-order valence-corrected chi connectivity index (χ0v) is 29.8. The van der Waals surface area contributed by atoms with Crippen molar-refractivity contribution >= 4 is 39.1 Å². The van der Waals surface area contributed by atoms with Crippen molar-refractivity contribution in [1.82, 2.24) is 14.7 Å². The van der Waals surface area contributed by atoms with Crippen molar-refractivity contribution in [1.29, 1.82) is 0 Å². The molecule has 262 valence electrons. The monoisotopic (exact) mass is 712 g/mol. The van der Waals surface area contributed by atoms with Crippen molar-refractivity contribution < 1.29 is 37.0 Å². The molecule has 1 unspecified atom stereocenters. The molecule has 6 rings (SSSR count). The average molecular weight is 713 g/mol. The molecule has 0 radical (unpaired) electrons. The number of anilines is 1. The van der Waals surface area contributed by atoms with Gasteiger partial charge in [0.05, 0.1) is 46.3 Å². The summed E-state index contributed by atoms with van der Waals surface area (Å²) >= 11 is 6.68. The summed E-state index contributed by atoms with van der Waals surface area (Å²) in [6.07, 6.45) is 1.07. The lowest BCUT2D eigenvalue weighted by Crippen LogP contribution is -2.59. The van der Waals surface area contributed by atoms with Gasteiger partial charge in [-0.05, 0) is 60.9 Å². The van der Waals surface area contributed by atoms with Gasteiger partial charge in [0.2, 0.25) is 5.91 Å². The summed E-state index contributed by atoms with van der Waals surface area (Å²) in [6, 6.07) is 13.9. The third kappa shape index (κ3) is 5.91. The predicted octanol–water partition coefficient (Wildman–Crippen LogP) is 3.73. The number of sulfonamides is 1. The Morgan fingerprint density at radius 1 is 0.939 bits per heavy atom. The lowest BCUT2D eigenvalue weighted by atomic mass is 9.80. The molecule has 0 saturated carbocycles. The Labute approximate surface area is 292 Å². The quantitative estimate of drug-likeness (QED) is 0.308. The molecule has 2 saturated heterocycles. The smallest absolute Gasteiger partial charge is 0.274 e. The highest BCUT2D eigenvalue weighted by molar-refractivity contribution is 7.93. The van der Waals surface area contributed by atoms with E-state index in [9.17, 15) is 13.2 Å². The van der Waals surface area contributed by atoms with Crippen LogP contribution in [0.4, 0.5) is 5.69 Å². The molecular formula is C35H41ClN4O8S. The first-order valence-corrected chi connectivity index (χ1v) is 17.9. The summed E-state index contributed by atoms with van der Waals surface area (Å²) in [5.41, 5.74) is -0.0442. The number of carbonyl (C=O) groups is 2. The van der Waals surface area contributed by atoms with Crippen LogP contribution in [-0.4, -0.2) is 109 Å². The van der Waals surface area contributed by atoms with Gasteiger partial charge in [-0.2, -0.15) is 0 Å². The lowest BCUT2D eigenvalue weighted by molar-refractivity contribution is -0.138. The van der Waals surface area contributed by atoms with Crippen LogP contribution in [0.25, 0.3) is 0 Å². The molecule has 2 atom stereocenters. The minimum absolute atomic E-state index is 0.00656. The van der Waals surface area contributed by atoms with Crippen LogP contribution in [0.1, 0.15) is 29.5 Å². The first-order valence-electron chi connectivity index (χ1n) is 16.1. The maximum absolute atomic E-state index is 15.6. The van der Waals surface area contributed by atoms with Crippen LogP contribution < -0.4 is 18.5 Å². The normalized spacial score (nSPS) is 21.5. The van der Waals surface area contributed by atoms with Crippen molar-refractivity contribution in [2.45, 2.75) is 35.9 Å². The Morgan fingerprint density at radius 3 is 2.35 bits per heavy atom. The van der Waals surface area contributed by atoms with E-state index in [0.717, 1.165) is 23.0 Å². The summed E-state index contributed by atoms with van der Waals surface area (Å²) in [4.78, 5) is 34.8. The second-order valence-corrected chi connectivity index (χ2v) is 14.7. The zero-order valence-electron chi connectivity index (χ0n) is 28.3. The summed E-state index contributed by atoms with van der Waals surface area (Å²) in [7, 11) is 3.04. The molecule has 0 aliphatic carbocycles. The summed E-state index contributed by atoms with van der Waals surface area (Å²) in [6.45, 7) is 3.61. The van der Waals surface area contributed by atoms with E-state index in [-0.39, 0.29) is 22.2 Å². The topological polar surface area (TPSA) is 118 Å². The molecule has 2 fully saturated rings. The molecule has 0 spiro atoms. The highest BCUT2D eigenvalue weighted by Crippen LogP contribution is 2.55. The minimum Gasteiger partial charge on any atom is -0.497 e. The van der Waals surface area contributed by atoms with E-state index < -0.39 is 27.5 Å².